The molecule has 0 amide bonds. The van der Waals surface area contributed by atoms with Gasteiger partial charge in [0, 0.05) is 39.0 Å². The fourth-order valence-electron chi connectivity index (χ4n) is 0.304. The molecule has 0 aromatic heterocycles. The van der Waals surface area contributed by atoms with Crippen LogP contribution in [-0.2, 0) is 39.0 Å². The summed E-state index contributed by atoms with van der Waals surface area (Å²) in [7, 11) is 0. The van der Waals surface area contributed by atoms with Crippen LogP contribution in [0.2, 0.25) is 0 Å². The van der Waals surface area contributed by atoms with Gasteiger partial charge in [0.1, 0.15) is 0 Å². The van der Waals surface area contributed by atoms with Crippen LogP contribution in [0.5, 0.6) is 0 Å². The van der Waals surface area contributed by atoms with Crippen molar-refractivity contribution in [3.8, 4) is 0 Å². The summed E-state index contributed by atoms with van der Waals surface area (Å²) >= 11 is 0. The second-order valence-corrected chi connectivity index (χ2v) is 1.01. The van der Waals surface area contributed by atoms with E-state index in [1.807, 2.05) is 24.3 Å². The summed E-state index contributed by atoms with van der Waals surface area (Å²) in [5.41, 5.74) is 5.53. The second-order valence-electron chi connectivity index (χ2n) is 1.01. The molecular weight excluding hydrogens is 363 g/mol. The number of halogens is 2. The summed E-state index contributed by atoms with van der Waals surface area (Å²) in [5.74, 6) is 0. The molecule has 0 atom stereocenters. The molecule has 1 rings (SSSR count). The topological polar surface area (TPSA) is 0 Å². The smallest absolute Gasteiger partial charge is 0 e. The van der Waals surface area contributed by atoms with Crippen LogP contribution >= 0.6 is 0 Å². The summed E-state index contributed by atoms with van der Waals surface area (Å²) in [4.78, 5) is 0. The first-order valence-corrected chi connectivity index (χ1v) is 1.83. The molecule has 4 heteroatoms. The van der Waals surface area contributed by atoms with Gasteiger partial charge in [-0.25, -0.2) is 0 Å². The van der Waals surface area contributed by atoms with Gasteiger partial charge in [0.25, 0.3) is 0 Å². The van der Waals surface area contributed by atoms with Crippen LogP contribution in [-0.4, -0.2) is 0 Å². The fourth-order valence-corrected chi connectivity index (χ4v) is 0.304. The van der Waals surface area contributed by atoms with E-state index in [1.54, 1.807) is 0 Å². The Hall–Kier alpha value is 1.25. The number of hydrogen-bond acceptors (Lipinski definition) is 0. The molecule has 0 radical (unpaired) electrons. The maximum absolute atomic E-state index is 2.77. The van der Waals surface area contributed by atoms with E-state index in [4.69, 9.17) is 0 Å². The summed E-state index contributed by atoms with van der Waals surface area (Å²) < 4.78 is 0. The third kappa shape index (κ3) is 12.0. The van der Waals surface area contributed by atoms with Crippen LogP contribution in [0.25, 0.3) is 0 Å². The van der Waals surface area contributed by atoms with E-state index in [0.717, 1.165) is 0 Å². The van der Waals surface area contributed by atoms with Gasteiger partial charge in [-0.05, 0) is 12.2 Å². The van der Waals surface area contributed by atoms with Gasteiger partial charge in [-0.1, -0.05) is 23.6 Å². The molecule has 10 heavy (non-hydrogen) atoms. The van der Waals surface area contributed by atoms with Gasteiger partial charge in [0.05, 0.1) is 0 Å². The van der Waals surface area contributed by atoms with Gasteiger partial charge in [-0.3, -0.25) is 0 Å². The van der Waals surface area contributed by atoms with E-state index >= 15 is 0 Å². The molecule has 0 N–H and O–H groups in total. The van der Waals surface area contributed by atoms with Crippen LogP contribution in [0.3, 0.4) is 0 Å². The predicted molar refractivity (Wildman–Crippen MR) is 25.3 cm³/mol. The van der Waals surface area contributed by atoms with E-state index in [1.165, 1.54) is 0 Å². The molecule has 1 aliphatic rings. The Balaban J connectivity index is -0.0000000450. The molecule has 0 nitrogen and oxygen atoms in total. The molecule has 1 aliphatic carbocycles. The number of hydrogen-bond donors (Lipinski definition) is 0. The van der Waals surface area contributed by atoms with Gasteiger partial charge >= 0.3 is 0 Å². The maximum Gasteiger partial charge on any atom is 0 e. The van der Waals surface area contributed by atoms with Gasteiger partial charge in [0.15, 0.2) is 0 Å². The normalized spacial score (nSPS) is 8.00. The van der Waals surface area contributed by atoms with Crippen molar-refractivity contribution in [1.29, 1.82) is 0 Å². The van der Waals surface area contributed by atoms with Crippen LogP contribution in [0, 0.1) is 0 Å². The van der Waals surface area contributed by atoms with Crippen molar-refractivity contribution in [3.63, 3.8) is 0 Å². The molecule has 0 heterocycles. The van der Waals surface area contributed by atoms with Crippen LogP contribution in [0.15, 0.2) is 35.8 Å². The van der Waals surface area contributed by atoms with Crippen molar-refractivity contribution in [3.05, 3.63) is 35.8 Å². The predicted octanol–water partition coefficient (Wildman–Crippen LogP) is -4.57. The molecule has 0 spiro atoms. The quantitative estimate of drug-likeness (QED) is 0.299. The fraction of sp³-hybridized carbons (Fsp3) is 0. The maximum atomic E-state index is 2.77. The zero-order valence-electron chi connectivity index (χ0n) is 5.48. The Morgan fingerprint density at radius 2 is 1.00 bits per heavy atom. The minimum atomic E-state index is 0. The standard InChI is InChI=1S/C6H4.2BrH.2Zn/c1-2-4-6-5-3-1;;;;/h1-4H;2*1H;;/p-2. The molecule has 0 saturated carbocycles. The Bertz CT molecular complexity index is 145. The third-order valence-corrected chi connectivity index (χ3v) is 0.554. The molecular formula is C6H4Br2Zn2-2. The Labute approximate surface area is 108 Å². The van der Waals surface area contributed by atoms with E-state index in [0.29, 0.717) is 0 Å². The monoisotopic (exact) mass is 362 g/mol. The molecule has 0 saturated heterocycles. The molecule has 0 fully saturated rings. The molecule has 0 aliphatic heterocycles. The first-order valence-electron chi connectivity index (χ1n) is 1.83. The molecule has 48 valence electrons. The Morgan fingerprint density at radius 1 is 0.700 bits per heavy atom. The molecule has 0 unspecified atom stereocenters. The number of rotatable bonds is 0. The molecule has 0 bridgehead atoms. The summed E-state index contributed by atoms with van der Waals surface area (Å²) in [6.07, 6.45) is 7.47. The SMILES string of the molecule is C1=C=CC=CC=1.[Br-].[Br-].[Zn].[Zn]. The average molecular weight is 367 g/mol. The van der Waals surface area contributed by atoms with E-state index in [2.05, 4.69) is 11.5 Å². The average Bonchev–Trinajstić information content (AvgIpc) is 1.72. The molecule has 0 aromatic carbocycles. The van der Waals surface area contributed by atoms with Crippen molar-refractivity contribution in [2.45, 2.75) is 0 Å². The Morgan fingerprint density at radius 3 is 1.10 bits per heavy atom. The van der Waals surface area contributed by atoms with Gasteiger partial charge < -0.3 is 34.0 Å². The summed E-state index contributed by atoms with van der Waals surface area (Å²) in [5, 5.41) is 0. The van der Waals surface area contributed by atoms with E-state index in [-0.39, 0.29) is 72.9 Å². The largest absolute Gasteiger partial charge is 1.00 e. The van der Waals surface area contributed by atoms with Gasteiger partial charge in [0.2, 0.25) is 0 Å². The first-order chi connectivity index (χ1) is 3.00. The Kier molecular flexibility index (Phi) is 37.5. The zero-order valence-corrected chi connectivity index (χ0v) is 14.6. The van der Waals surface area contributed by atoms with Crippen LogP contribution in [0.1, 0.15) is 0 Å². The third-order valence-electron chi connectivity index (χ3n) is 0.554. The van der Waals surface area contributed by atoms with Crippen molar-refractivity contribution in [2.75, 3.05) is 0 Å². The van der Waals surface area contributed by atoms with Crippen LogP contribution < -0.4 is 34.0 Å². The van der Waals surface area contributed by atoms with Gasteiger partial charge in [-0.2, -0.15) is 0 Å². The number of allylic oxidation sites excluding steroid dienone is 4. The van der Waals surface area contributed by atoms with Crippen molar-refractivity contribution in [1.82, 2.24) is 0 Å². The van der Waals surface area contributed by atoms with E-state index < -0.39 is 0 Å². The van der Waals surface area contributed by atoms with Crippen molar-refractivity contribution < 1.29 is 72.9 Å². The minimum absolute atomic E-state index is 0. The van der Waals surface area contributed by atoms with E-state index in [9.17, 15) is 0 Å². The molecule has 0 aromatic rings. The van der Waals surface area contributed by atoms with Crippen molar-refractivity contribution >= 4 is 0 Å². The van der Waals surface area contributed by atoms with Gasteiger partial charge in [-0.15, -0.1) is 0 Å². The second kappa shape index (κ2) is 16.7. The zero-order chi connectivity index (χ0) is 4.24. The minimum Gasteiger partial charge on any atom is -1.00 e. The van der Waals surface area contributed by atoms with Crippen molar-refractivity contribution in [2.24, 2.45) is 0 Å². The summed E-state index contributed by atoms with van der Waals surface area (Å²) in [6, 6.07) is 0. The first kappa shape index (κ1) is 22.5. The summed E-state index contributed by atoms with van der Waals surface area (Å²) in [6.45, 7) is 0. The van der Waals surface area contributed by atoms with Crippen LogP contribution in [0.4, 0.5) is 0 Å².